The van der Waals surface area contributed by atoms with E-state index in [1.165, 1.54) is 0 Å². The number of amides is 1. The zero-order chi connectivity index (χ0) is 16.3. The maximum atomic E-state index is 12.9. The van der Waals surface area contributed by atoms with Crippen LogP contribution in [0.3, 0.4) is 0 Å². The summed E-state index contributed by atoms with van der Waals surface area (Å²) in [5, 5.41) is 9.66. The monoisotopic (exact) mass is 300 g/mol. The summed E-state index contributed by atoms with van der Waals surface area (Å²) >= 11 is 0. The normalized spacial score (nSPS) is 10.9. The molecule has 0 aliphatic heterocycles. The standard InChI is InChI=1S/C17H20N2O3/c1-11(2)19(9-8-16(20)21)17(22)14-10-12(3)18-15-7-5-4-6-13(14)15/h4-7,10-11H,8-9H2,1-3H3,(H,20,21). The summed E-state index contributed by atoms with van der Waals surface area (Å²) < 4.78 is 0. The van der Waals surface area contributed by atoms with Gasteiger partial charge in [-0.25, -0.2) is 0 Å². The molecule has 0 atom stereocenters. The Morgan fingerprint density at radius 3 is 2.59 bits per heavy atom. The lowest BCUT2D eigenvalue weighted by molar-refractivity contribution is -0.137. The van der Waals surface area contributed by atoms with E-state index in [9.17, 15) is 9.59 Å². The molecule has 0 saturated heterocycles. The van der Waals surface area contributed by atoms with Crippen molar-refractivity contribution in [3.8, 4) is 0 Å². The highest BCUT2D eigenvalue weighted by atomic mass is 16.4. The van der Waals surface area contributed by atoms with Gasteiger partial charge in [0.1, 0.15) is 0 Å². The lowest BCUT2D eigenvalue weighted by Crippen LogP contribution is -2.38. The molecule has 1 aromatic heterocycles. The van der Waals surface area contributed by atoms with Crippen molar-refractivity contribution in [3.05, 3.63) is 41.6 Å². The van der Waals surface area contributed by atoms with Crippen LogP contribution >= 0.6 is 0 Å². The first kappa shape index (κ1) is 15.9. The molecule has 0 unspecified atom stereocenters. The highest BCUT2D eigenvalue weighted by Crippen LogP contribution is 2.21. The van der Waals surface area contributed by atoms with Crippen molar-refractivity contribution in [2.24, 2.45) is 0 Å². The predicted molar refractivity (Wildman–Crippen MR) is 84.9 cm³/mol. The van der Waals surface area contributed by atoms with Crippen LogP contribution in [0.15, 0.2) is 30.3 Å². The first-order valence-electron chi connectivity index (χ1n) is 7.29. The van der Waals surface area contributed by atoms with Gasteiger partial charge in [0.05, 0.1) is 17.5 Å². The number of nitrogens with zero attached hydrogens (tertiary/aromatic N) is 2. The fourth-order valence-corrected chi connectivity index (χ4v) is 2.45. The molecule has 0 radical (unpaired) electrons. The summed E-state index contributed by atoms with van der Waals surface area (Å²) in [4.78, 5) is 29.7. The molecule has 5 heteroatoms. The Balaban J connectivity index is 2.44. The van der Waals surface area contributed by atoms with Gasteiger partial charge in [-0.05, 0) is 32.9 Å². The number of carbonyl (C=O) groups excluding carboxylic acids is 1. The van der Waals surface area contributed by atoms with Gasteiger partial charge in [0.25, 0.3) is 5.91 Å². The quantitative estimate of drug-likeness (QED) is 0.921. The van der Waals surface area contributed by atoms with Crippen molar-refractivity contribution in [1.82, 2.24) is 9.88 Å². The van der Waals surface area contributed by atoms with Crippen LogP contribution in [0.25, 0.3) is 10.9 Å². The van der Waals surface area contributed by atoms with E-state index in [-0.39, 0.29) is 24.9 Å². The van der Waals surface area contributed by atoms with Gasteiger partial charge in [0, 0.05) is 23.7 Å². The number of carboxylic acids is 1. The van der Waals surface area contributed by atoms with E-state index in [0.29, 0.717) is 5.56 Å². The van der Waals surface area contributed by atoms with Crippen LogP contribution in [0.2, 0.25) is 0 Å². The third-order valence-electron chi connectivity index (χ3n) is 3.53. The van der Waals surface area contributed by atoms with Gasteiger partial charge < -0.3 is 10.0 Å². The molecule has 0 spiro atoms. The number of fused-ring (bicyclic) bond motifs is 1. The molecule has 2 rings (SSSR count). The summed E-state index contributed by atoms with van der Waals surface area (Å²) in [6.45, 7) is 5.81. The van der Waals surface area contributed by atoms with Gasteiger partial charge in [0.15, 0.2) is 0 Å². The molecular weight excluding hydrogens is 280 g/mol. The minimum Gasteiger partial charge on any atom is -0.481 e. The fourth-order valence-electron chi connectivity index (χ4n) is 2.45. The maximum absolute atomic E-state index is 12.9. The van der Waals surface area contributed by atoms with Crippen LogP contribution in [-0.2, 0) is 4.79 Å². The highest BCUT2D eigenvalue weighted by Gasteiger charge is 2.22. The number of benzene rings is 1. The lowest BCUT2D eigenvalue weighted by Gasteiger charge is -2.27. The second-order valence-corrected chi connectivity index (χ2v) is 5.56. The molecule has 0 saturated carbocycles. The number of para-hydroxylation sites is 1. The van der Waals surface area contributed by atoms with E-state index in [4.69, 9.17) is 5.11 Å². The summed E-state index contributed by atoms with van der Waals surface area (Å²) in [6, 6.07) is 9.18. The summed E-state index contributed by atoms with van der Waals surface area (Å²) in [5.41, 5.74) is 2.11. The van der Waals surface area contributed by atoms with E-state index < -0.39 is 5.97 Å². The number of hydrogen-bond donors (Lipinski definition) is 1. The summed E-state index contributed by atoms with van der Waals surface area (Å²) in [6.07, 6.45) is -0.0636. The summed E-state index contributed by atoms with van der Waals surface area (Å²) in [7, 11) is 0. The number of pyridine rings is 1. The Morgan fingerprint density at radius 1 is 1.27 bits per heavy atom. The number of carbonyl (C=O) groups is 2. The van der Waals surface area contributed by atoms with Crippen molar-refractivity contribution in [1.29, 1.82) is 0 Å². The molecule has 0 fully saturated rings. The zero-order valence-electron chi connectivity index (χ0n) is 13.0. The van der Waals surface area contributed by atoms with E-state index in [1.807, 2.05) is 45.0 Å². The SMILES string of the molecule is Cc1cc(C(=O)N(CCC(=O)O)C(C)C)c2ccccc2n1. The molecular formula is C17H20N2O3. The second-order valence-electron chi connectivity index (χ2n) is 5.56. The van der Waals surface area contributed by atoms with Gasteiger partial charge in [-0.15, -0.1) is 0 Å². The van der Waals surface area contributed by atoms with Gasteiger partial charge >= 0.3 is 5.97 Å². The van der Waals surface area contributed by atoms with Crippen LogP contribution in [0.5, 0.6) is 0 Å². The Morgan fingerprint density at radius 2 is 1.95 bits per heavy atom. The van der Waals surface area contributed by atoms with Crippen LogP contribution in [0, 0.1) is 6.92 Å². The molecule has 1 amide bonds. The number of aryl methyl sites for hydroxylation is 1. The van der Waals surface area contributed by atoms with Gasteiger partial charge in [-0.2, -0.15) is 0 Å². The first-order chi connectivity index (χ1) is 10.4. The summed E-state index contributed by atoms with van der Waals surface area (Å²) in [5.74, 6) is -1.06. The lowest BCUT2D eigenvalue weighted by atomic mass is 10.1. The van der Waals surface area contributed by atoms with Crippen molar-refractivity contribution >= 4 is 22.8 Å². The van der Waals surface area contributed by atoms with E-state index >= 15 is 0 Å². The molecule has 1 aromatic carbocycles. The second kappa shape index (κ2) is 6.56. The van der Waals surface area contributed by atoms with Crippen molar-refractivity contribution in [3.63, 3.8) is 0 Å². The van der Waals surface area contributed by atoms with Gasteiger partial charge in [-0.3, -0.25) is 14.6 Å². The Labute approximate surface area is 129 Å². The Kier molecular flexibility index (Phi) is 4.75. The minimum atomic E-state index is -0.908. The molecule has 1 heterocycles. The first-order valence-corrected chi connectivity index (χ1v) is 7.29. The number of carboxylic acid groups (broad SMARTS) is 1. The molecule has 2 aromatic rings. The van der Waals surface area contributed by atoms with E-state index in [2.05, 4.69) is 4.98 Å². The van der Waals surface area contributed by atoms with E-state index in [0.717, 1.165) is 16.6 Å². The van der Waals surface area contributed by atoms with Crippen LogP contribution in [-0.4, -0.2) is 39.5 Å². The molecule has 116 valence electrons. The van der Waals surface area contributed by atoms with Crippen LogP contribution < -0.4 is 0 Å². The van der Waals surface area contributed by atoms with Crippen LogP contribution in [0.4, 0.5) is 0 Å². The molecule has 0 aliphatic rings. The number of hydrogen-bond acceptors (Lipinski definition) is 3. The molecule has 5 nitrogen and oxygen atoms in total. The smallest absolute Gasteiger partial charge is 0.305 e. The zero-order valence-corrected chi connectivity index (χ0v) is 13.0. The third-order valence-corrected chi connectivity index (χ3v) is 3.53. The number of aromatic nitrogens is 1. The van der Waals surface area contributed by atoms with Crippen molar-refractivity contribution in [2.45, 2.75) is 33.2 Å². The molecule has 1 N–H and O–H groups in total. The van der Waals surface area contributed by atoms with Gasteiger partial charge in [-0.1, -0.05) is 18.2 Å². The maximum Gasteiger partial charge on any atom is 0.305 e. The number of aliphatic carboxylic acids is 1. The van der Waals surface area contributed by atoms with Crippen LogP contribution in [0.1, 0.15) is 36.3 Å². The Bertz CT molecular complexity index is 710. The average Bonchev–Trinajstić information content (AvgIpc) is 2.45. The predicted octanol–water partition coefficient (Wildman–Crippen LogP) is 2.87. The van der Waals surface area contributed by atoms with Gasteiger partial charge in [0.2, 0.25) is 0 Å². The molecule has 22 heavy (non-hydrogen) atoms. The van der Waals surface area contributed by atoms with Crippen molar-refractivity contribution < 1.29 is 14.7 Å². The molecule has 0 aliphatic carbocycles. The van der Waals surface area contributed by atoms with E-state index in [1.54, 1.807) is 11.0 Å². The highest BCUT2D eigenvalue weighted by molar-refractivity contribution is 6.06. The largest absolute Gasteiger partial charge is 0.481 e. The molecule has 0 bridgehead atoms. The Hall–Kier alpha value is -2.43. The minimum absolute atomic E-state index is 0.0636. The number of rotatable bonds is 5. The third kappa shape index (κ3) is 3.42. The average molecular weight is 300 g/mol. The van der Waals surface area contributed by atoms with Crippen molar-refractivity contribution in [2.75, 3.05) is 6.54 Å². The fraction of sp³-hybridized carbons (Fsp3) is 0.353. The topological polar surface area (TPSA) is 70.5 Å².